The maximum Gasteiger partial charge on any atom is 0.129 e. The Morgan fingerprint density at radius 2 is 1.35 bits per heavy atom. The second kappa shape index (κ2) is 4.66. The molecule has 0 atom stereocenters. The Bertz CT molecular complexity index is 504. The summed E-state index contributed by atoms with van der Waals surface area (Å²) in [4.78, 5) is 0. The zero-order chi connectivity index (χ0) is 12.4. The van der Waals surface area contributed by atoms with Crippen LogP contribution in [0.1, 0.15) is 22.3 Å². The molecule has 2 aromatic carbocycles. The molecular formula is C15H14F2. The average Bonchev–Trinajstić information content (AvgIpc) is 2.29. The summed E-state index contributed by atoms with van der Waals surface area (Å²) in [6.07, 6.45) is 0.550. The van der Waals surface area contributed by atoms with Crippen molar-refractivity contribution in [2.24, 2.45) is 0 Å². The molecule has 0 N–H and O–H groups in total. The number of hydrogen-bond donors (Lipinski definition) is 0. The quantitative estimate of drug-likeness (QED) is 0.729. The van der Waals surface area contributed by atoms with E-state index in [1.54, 1.807) is 0 Å². The van der Waals surface area contributed by atoms with Gasteiger partial charge in [0.05, 0.1) is 0 Å². The molecule has 0 fully saturated rings. The first-order valence-corrected chi connectivity index (χ1v) is 5.56. The third-order valence-electron chi connectivity index (χ3n) is 2.87. The summed E-state index contributed by atoms with van der Waals surface area (Å²) in [5.74, 6) is -0.959. The lowest BCUT2D eigenvalue weighted by atomic mass is 10.0. The van der Waals surface area contributed by atoms with Crippen molar-refractivity contribution in [2.45, 2.75) is 20.3 Å². The molecule has 0 radical (unpaired) electrons. The fraction of sp³-hybridized carbons (Fsp3) is 0.200. The van der Waals surface area contributed by atoms with Crippen LogP contribution in [-0.4, -0.2) is 0 Å². The second-order valence-corrected chi connectivity index (χ2v) is 4.35. The van der Waals surface area contributed by atoms with E-state index in [1.165, 1.54) is 24.6 Å². The van der Waals surface area contributed by atoms with Crippen LogP contribution < -0.4 is 0 Å². The fourth-order valence-corrected chi connectivity index (χ4v) is 1.74. The first-order chi connectivity index (χ1) is 8.06. The molecule has 17 heavy (non-hydrogen) atoms. The number of rotatable bonds is 2. The summed E-state index contributed by atoms with van der Waals surface area (Å²) in [5.41, 5.74) is 2.97. The van der Waals surface area contributed by atoms with Crippen molar-refractivity contribution in [3.8, 4) is 0 Å². The largest absolute Gasteiger partial charge is 0.207 e. The zero-order valence-electron chi connectivity index (χ0n) is 9.93. The first kappa shape index (κ1) is 11.8. The molecule has 0 aliphatic carbocycles. The predicted octanol–water partition coefficient (Wildman–Crippen LogP) is 4.17. The summed E-state index contributed by atoms with van der Waals surface area (Å²) in [7, 11) is 0. The van der Waals surface area contributed by atoms with E-state index in [-0.39, 0.29) is 5.56 Å². The highest BCUT2D eigenvalue weighted by atomic mass is 19.1. The van der Waals surface area contributed by atoms with Gasteiger partial charge in [-0.25, -0.2) is 8.78 Å². The van der Waals surface area contributed by atoms with Crippen LogP contribution in [0.25, 0.3) is 0 Å². The molecule has 0 amide bonds. The third kappa shape index (κ3) is 2.70. The summed E-state index contributed by atoms with van der Waals surface area (Å²) < 4.78 is 26.7. The third-order valence-corrected chi connectivity index (χ3v) is 2.87. The van der Waals surface area contributed by atoms with Gasteiger partial charge in [-0.05, 0) is 43.5 Å². The molecule has 2 rings (SSSR count). The van der Waals surface area contributed by atoms with Gasteiger partial charge in [0.25, 0.3) is 0 Å². The van der Waals surface area contributed by atoms with E-state index >= 15 is 0 Å². The van der Waals surface area contributed by atoms with Gasteiger partial charge in [-0.1, -0.05) is 29.8 Å². The van der Waals surface area contributed by atoms with Crippen LogP contribution in [0.15, 0.2) is 36.4 Å². The molecule has 0 aromatic heterocycles. The monoisotopic (exact) mass is 232 g/mol. The van der Waals surface area contributed by atoms with Gasteiger partial charge in [-0.15, -0.1) is 0 Å². The Morgan fingerprint density at radius 1 is 0.824 bits per heavy atom. The van der Waals surface area contributed by atoms with E-state index < -0.39 is 11.6 Å². The first-order valence-electron chi connectivity index (χ1n) is 5.56. The zero-order valence-corrected chi connectivity index (χ0v) is 9.93. The Labute approximate surface area is 99.9 Å². The Balaban J connectivity index is 2.27. The highest BCUT2D eigenvalue weighted by Crippen LogP contribution is 2.17. The Morgan fingerprint density at radius 3 is 1.88 bits per heavy atom. The summed E-state index contributed by atoms with van der Waals surface area (Å²) >= 11 is 0. The molecule has 2 aromatic rings. The van der Waals surface area contributed by atoms with E-state index in [0.717, 1.165) is 5.56 Å². The van der Waals surface area contributed by atoms with Gasteiger partial charge >= 0.3 is 0 Å². The summed E-state index contributed by atoms with van der Waals surface area (Å²) in [6.45, 7) is 3.45. The average molecular weight is 232 g/mol. The fourth-order valence-electron chi connectivity index (χ4n) is 1.74. The van der Waals surface area contributed by atoms with Gasteiger partial charge in [0.2, 0.25) is 0 Å². The number of halogens is 2. The van der Waals surface area contributed by atoms with Crippen molar-refractivity contribution in [1.29, 1.82) is 0 Å². The Hall–Kier alpha value is -1.70. The van der Waals surface area contributed by atoms with Crippen molar-refractivity contribution < 1.29 is 8.78 Å². The number of aryl methyl sites for hydroxylation is 1. The molecule has 0 unspecified atom stereocenters. The maximum absolute atomic E-state index is 13.4. The second-order valence-electron chi connectivity index (χ2n) is 4.35. The molecule has 0 saturated heterocycles. The van der Waals surface area contributed by atoms with Gasteiger partial charge in [0.15, 0.2) is 0 Å². The minimum absolute atomic E-state index is 0.0812. The van der Waals surface area contributed by atoms with Crippen LogP contribution in [0.5, 0.6) is 0 Å². The van der Waals surface area contributed by atoms with Gasteiger partial charge in [-0.3, -0.25) is 0 Å². The summed E-state index contributed by atoms with van der Waals surface area (Å²) in [5, 5.41) is 0. The molecule has 0 saturated carbocycles. The Kier molecular flexibility index (Phi) is 3.23. The predicted molar refractivity (Wildman–Crippen MR) is 65.1 cm³/mol. The topological polar surface area (TPSA) is 0 Å². The normalized spacial score (nSPS) is 10.6. The van der Waals surface area contributed by atoms with Crippen molar-refractivity contribution in [3.05, 3.63) is 70.3 Å². The van der Waals surface area contributed by atoms with Crippen molar-refractivity contribution in [2.75, 3.05) is 0 Å². The molecule has 0 spiro atoms. The molecule has 88 valence electrons. The van der Waals surface area contributed by atoms with E-state index in [0.29, 0.717) is 12.0 Å². The van der Waals surface area contributed by atoms with Crippen LogP contribution in [0.4, 0.5) is 8.78 Å². The number of hydrogen-bond acceptors (Lipinski definition) is 0. The SMILES string of the molecule is Cc1ccc(Cc2cc(F)c(C)c(F)c2)cc1. The maximum atomic E-state index is 13.4. The highest BCUT2D eigenvalue weighted by Gasteiger charge is 2.07. The lowest BCUT2D eigenvalue weighted by molar-refractivity contribution is 0.565. The summed E-state index contributed by atoms with van der Waals surface area (Å²) in [6, 6.07) is 10.7. The highest BCUT2D eigenvalue weighted by molar-refractivity contribution is 5.31. The van der Waals surface area contributed by atoms with Crippen LogP contribution in [0, 0.1) is 25.5 Å². The number of benzene rings is 2. The van der Waals surface area contributed by atoms with E-state index in [9.17, 15) is 8.78 Å². The van der Waals surface area contributed by atoms with Gasteiger partial charge in [0, 0.05) is 5.56 Å². The van der Waals surface area contributed by atoms with E-state index in [2.05, 4.69) is 0 Å². The minimum atomic E-state index is -0.480. The van der Waals surface area contributed by atoms with E-state index in [4.69, 9.17) is 0 Å². The molecule has 0 aliphatic rings. The van der Waals surface area contributed by atoms with Gasteiger partial charge < -0.3 is 0 Å². The standard InChI is InChI=1S/C15H14F2/c1-10-3-5-12(6-4-10)7-13-8-14(16)11(2)15(17)9-13/h3-6,8-9H,7H2,1-2H3. The minimum Gasteiger partial charge on any atom is -0.207 e. The molecule has 0 bridgehead atoms. The van der Waals surface area contributed by atoms with Crippen molar-refractivity contribution in [1.82, 2.24) is 0 Å². The molecular weight excluding hydrogens is 218 g/mol. The molecule has 2 heteroatoms. The van der Waals surface area contributed by atoms with Crippen molar-refractivity contribution in [3.63, 3.8) is 0 Å². The molecule has 0 nitrogen and oxygen atoms in total. The molecule has 0 heterocycles. The van der Waals surface area contributed by atoms with Gasteiger partial charge in [0.1, 0.15) is 11.6 Å². The lowest BCUT2D eigenvalue weighted by Crippen LogP contribution is -1.95. The molecule has 0 aliphatic heterocycles. The van der Waals surface area contributed by atoms with Crippen LogP contribution in [0.3, 0.4) is 0 Å². The lowest BCUT2D eigenvalue weighted by Gasteiger charge is -2.05. The van der Waals surface area contributed by atoms with Crippen molar-refractivity contribution >= 4 is 0 Å². The van der Waals surface area contributed by atoms with E-state index in [1.807, 2.05) is 31.2 Å². The van der Waals surface area contributed by atoms with Crippen LogP contribution in [-0.2, 0) is 6.42 Å². The van der Waals surface area contributed by atoms with Crippen LogP contribution in [0.2, 0.25) is 0 Å². The van der Waals surface area contributed by atoms with Crippen LogP contribution >= 0.6 is 0 Å². The van der Waals surface area contributed by atoms with Gasteiger partial charge in [-0.2, -0.15) is 0 Å². The smallest absolute Gasteiger partial charge is 0.129 e.